The summed E-state index contributed by atoms with van der Waals surface area (Å²) < 4.78 is 16.8. The Hall–Kier alpha value is -1.59. The molecule has 0 aliphatic carbocycles. The highest BCUT2D eigenvalue weighted by atomic mass is 16.6. The number of unbranched alkanes of at least 4 members (excludes halogenated alkanes) is 33. The molecule has 1 unspecified atom stereocenters. The van der Waals surface area contributed by atoms with Gasteiger partial charge in [0, 0.05) is 19.3 Å². The summed E-state index contributed by atoms with van der Waals surface area (Å²) in [6, 6.07) is 0. The van der Waals surface area contributed by atoms with E-state index < -0.39 is 6.10 Å². The van der Waals surface area contributed by atoms with Crippen LogP contribution in [0.5, 0.6) is 0 Å². The summed E-state index contributed by atoms with van der Waals surface area (Å²) in [6.45, 7) is 11.4. The SMILES string of the molecule is CCCCCCCCCCCCCCCCCCCCC(=O)OC[C@@H](COC(=O)CCCCCCCCCCCCCCC(C)C)OC(=O)CCCCCCCCC(C)CC. The Morgan fingerprint density at radius 3 is 0.934 bits per heavy atom. The topological polar surface area (TPSA) is 78.9 Å². The van der Waals surface area contributed by atoms with Crippen molar-refractivity contribution in [2.24, 2.45) is 11.8 Å². The van der Waals surface area contributed by atoms with E-state index in [1.54, 1.807) is 0 Å². The molecule has 0 saturated heterocycles. The summed E-state index contributed by atoms with van der Waals surface area (Å²) in [7, 11) is 0. The lowest BCUT2D eigenvalue weighted by Crippen LogP contribution is -2.30. The standard InChI is InChI=1S/C55H106O6/c1-6-8-9-10-11-12-13-14-15-16-17-18-19-23-26-29-35-40-45-53(56)59-48-52(61-55(58)47-42-37-32-31-34-39-44-51(5)7-2)49-60-54(57)46-41-36-30-27-24-21-20-22-25-28-33-38-43-50(3)4/h50-52H,6-49H2,1-5H3/t51?,52-/m0/s1. The minimum atomic E-state index is -0.763. The lowest BCUT2D eigenvalue weighted by atomic mass is 10.00. The van der Waals surface area contributed by atoms with Gasteiger partial charge in [-0.1, -0.05) is 266 Å². The highest BCUT2D eigenvalue weighted by Gasteiger charge is 2.19. The Bertz CT molecular complexity index is 933. The maximum atomic E-state index is 12.8. The summed E-state index contributed by atoms with van der Waals surface area (Å²) in [4.78, 5) is 38.0. The molecule has 0 saturated carbocycles. The number of rotatable bonds is 49. The Morgan fingerprint density at radius 1 is 0.344 bits per heavy atom. The van der Waals surface area contributed by atoms with Crippen LogP contribution < -0.4 is 0 Å². The van der Waals surface area contributed by atoms with Gasteiger partial charge >= 0.3 is 17.9 Å². The zero-order valence-corrected chi connectivity index (χ0v) is 41.8. The molecule has 0 radical (unpaired) electrons. The van der Waals surface area contributed by atoms with Crippen molar-refractivity contribution in [2.75, 3.05) is 13.2 Å². The average Bonchev–Trinajstić information content (AvgIpc) is 3.24. The van der Waals surface area contributed by atoms with Crippen LogP contribution in [0.2, 0.25) is 0 Å². The molecule has 0 spiro atoms. The van der Waals surface area contributed by atoms with Crippen LogP contribution in [0.1, 0.15) is 304 Å². The average molecular weight is 863 g/mol. The fourth-order valence-corrected chi connectivity index (χ4v) is 8.31. The lowest BCUT2D eigenvalue weighted by Gasteiger charge is -2.18. The van der Waals surface area contributed by atoms with Crippen LogP contribution in [0.3, 0.4) is 0 Å². The third-order valence-corrected chi connectivity index (χ3v) is 12.8. The van der Waals surface area contributed by atoms with Gasteiger partial charge < -0.3 is 14.2 Å². The number of hydrogen-bond donors (Lipinski definition) is 0. The second-order valence-electron chi connectivity index (χ2n) is 19.6. The van der Waals surface area contributed by atoms with Crippen molar-refractivity contribution in [1.29, 1.82) is 0 Å². The van der Waals surface area contributed by atoms with Crippen molar-refractivity contribution in [1.82, 2.24) is 0 Å². The first-order valence-corrected chi connectivity index (χ1v) is 27.3. The second-order valence-corrected chi connectivity index (χ2v) is 19.6. The Morgan fingerprint density at radius 2 is 0.623 bits per heavy atom. The molecule has 0 rings (SSSR count). The van der Waals surface area contributed by atoms with Gasteiger partial charge in [-0.25, -0.2) is 0 Å². The van der Waals surface area contributed by atoms with Crippen LogP contribution in [0.25, 0.3) is 0 Å². The smallest absolute Gasteiger partial charge is 0.306 e. The van der Waals surface area contributed by atoms with Gasteiger partial charge in [0.1, 0.15) is 13.2 Å². The van der Waals surface area contributed by atoms with Gasteiger partial charge in [0.25, 0.3) is 0 Å². The van der Waals surface area contributed by atoms with E-state index >= 15 is 0 Å². The van der Waals surface area contributed by atoms with E-state index in [4.69, 9.17) is 14.2 Å². The Labute approximate surface area is 380 Å². The molecule has 0 bridgehead atoms. The quantitative estimate of drug-likeness (QED) is 0.0344. The first kappa shape index (κ1) is 59.4. The largest absolute Gasteiger partial charge is 0.462 e. The third-order valence-electron chi connectivity index (χ3n) is 12.8. The molecule has 0 aromatic carbocycles. The second kappa shape index (κ2) is 47.9. The first-order valence-electron chi connectivity index (χ1n) is 27.3. The maximum Gasteiger partial charge on any atom is 0.306 e. The maximum absolute atomic E-state index is 12.8. The summed E-state index contributed by atoms with van der Waals surface area (Å²) in [5.41, 5.74) is 0. The molecule has 0 amide bonds. The van der Waals surface area contributed by atoms with Crippen molar-refractivity contribution in [3.63, 3.8) is 0 Å². The van der Waals surface area contributed by atoms with E-state index in [-0.39, 0.29) is 31.1 Å². The molecule has 0 aromatic rings. The molecule has 0 aromatic heterocycles. The van der Waals surface area contributed by atoms with Crippen LogP contribution >= 0.6 is 0 Å². The van der Waals surface area contributed by atoms with Crippen LogP contribution in [0, 0.1) is 11.8 Å². The fourth-order valence-electron chi connectivity index (χ4n) is 8.31. The van der Waals surface area contributed by atoms with Crippen LogP contribution in [-0.2, 0) is 28.6 Å². The van der Waals surface area contributed by atoms with Crippen molar-refractivity contribution < 1.29 is 28.6 Å². The number of carbonyl (C=O) groups is 3. The lowest BCUT2D eigenvalue weighted by molar-refractivity contribution is -0.167. The molecule has 6 heteroatoms. The van der Waals surface area contributed by atoms with Crippen LogP contribution in [0.4, 0.5) is 0 Å². The minimum Gasteiger partial charge on any atom is -0.462 e. The van der Waals surface area contributed by atoms with Gasteiger partial charge in [-0.2, -0.15) is 0 Å². The van der Waals surface area contributed by atoms with E-state index in [0.717, 1.165) is 69.6 Å². The van der Waals surface area contributed by atoms with Gasteiger partial charge in [0.2, 0.25) is 0 Å². The van der Waals surface area contributed by atoms with Gasteiger partial charge in [0.05, 0.1) is 0 Å². The highest BCUT2D eigenvalue weighted by Crippen LogP contribution is 2.18. The molecule has 6 nitrogen and oxygen atoms in total. The molecule has 0 fully saturated rings. The summed E-state index contributed by atoms with van der Waals surface area (Å²) in [5.74, 6) is 0.795. The number of ether oxygens (including phenoxy) is 3. The summed E-state index contributed by atoms with van der Waals surface area (Å²) in [5, 5.41) is 0. The van der Waals surface area contributed by atoms with Gasteiger partial charge in [-0.3, -0.25) is 14.4 Å². The molecular formula is C55H106O6. The van der Waals surface area contributed by atoms with E-state index in [2.05, 4.69) is 34.6 Å². The van der Waals surface area contributed by atoms with Gasteiger partial charge in [-0.05, 0) is 31.1 Å². The summed E-state index contributed by atoms with van der Waals surface area (Å²) >= 11 is 0. The van der Waals surface area contributed by atoms with Crippen molar-refractivity contribution in [2.45, 2.75) is 310 Å². The van der Waals surface area contributed by atoms with E-state index in [1.807, 2.05) is 0 Å². The molecule has 0 aliphatic heterocycles. The third kappa shape index (κ3) is 47.7. The molecule has 2 atom stereocenters. The summed E-state index contributed by atoms with van der Waals surface area (Å²) in [6.07, 6.45) is 49.5. The molecule has 0 heterocycles. The van der Waals surface area contributed by atoms with E-state index in [9.17, 15) is 14.4 Å². The monoisotopic (exact) mass is 863 g/mol. The normalized spacial score (nSPS) is 12.5. The van der Waals surface area contributed by atoms with Gasteiger partial charge in [0.15, 0.2) is 6.10 Å². The molecule has 0 aliphatic rings. The highest BCUT2D eigenvalue weighted by molar-refractivity contribution is 5.71. The number of esters is 3. The van der Waals surface area contributed by atoms with Crippen LogP contribution in [-0.4, -0.2) is 37.2 Å². The predicted molar refractivity (Wildman–Crippen MR) is 261 cm³/mol. The first-order chi connectivity index (χ1) is 29.8. The minimum absolute atomic E-state index is 0.0643. The predicted octanol–water partition coefficient (Wildman–Crippen LogP) is 17.7. The van der Waals surface area contributed by atoms with E-state index in [1.165, 1.54) is 193 Å². The van der Waals surface area contributed by atoms with Crippen molar-refractivity contribution in [3.05, 3.63) is 0 Å². The number of hydrogen-bond acceptors (Lipinski definition) is 6. The van der Waals surface area contributed by atoms with Crippen molar-refractivity contribution in [3.8, 4) is 0 Å². The molecule has 61 heavy (non-hydrogen) atoms. The zero-order valence-electron chi connectivity index (χ0n) is 41.8. The fraction of sp³-hybridized carbons (Fsp3) is 0.945. The zero-order chi connectivity index (χ0) is 44.7. The van der Waals surface area contributed by atoms with Crippen molar-refractivity contribution >= 4 is 17.9 Å². The Balaban J connectivity index is 4.24. The molecule has 0 N–H and O–H groups in total. The van der Waals surface area contributed by atoms with E-state index in [0.29, 0.717) is 19.3 Å². The van der Waals surface area contributed by atoms with Gasteiger partial charge in [-0.15, -0.1) is 0 Å². The van der Waals surface area contributed by atoms with Crippen LogP contribution in [0.15, 0.2) is 0 Å². The molecule has 362 valence electrons. The number of carbonyl (C=O) groups excluding carboxylic acids is 3. The molecular weight excluding hydrogens is 757 g/mol. The Kier molecular flexibility index (Phi) is 46.6.